The van der Waals surface area contributed by atoms with E-state index in [9.17, 15) is 4.79 Å². The van der Waals surface area contributed by atoms with Crippen LogP contribution in [0.15, 0.2) is 24.3 Å². The predicted molar refractivity (Wildman–Crippen MR) is 75.0 cm³/mol. The van der Waals surface area contributed by atoms with Crippen LogP contribution in [0, 0.1) is 0 Å². The molecule has 1 unspecified atom stereocenters. The fourth-order valence-electron chi connectivity index (χ4n) is 1.92. The Kier molecular flexibility index (Phi) is 6.26. The highest BCUT2D eigenvalue weighted by atomic mass is 16.5. The van der Waals surface area contributed by atoms with Gasteiger partial charge in [-0.05, 0) is 31.0 Å². The lowest BCUT2D eigenvalue weighted by Crippen LogP contribution is -2.18. The van der Waals surface area contributed by atoms with Crippen LogP contribution in [0.2, 0.25) is 0 Å². The molecule has 1 aromatic rings. The predicted octanol–water partition coefficient (Wildman–Crippen LogP) is 3.85. The highest BCUT2D eigenvalue weighted by molar-refractivity contribution is 5.90. The van der Waals surface area contributed by atoms with Crippen molar-refractivity contribution in [3.05, 3.63) is 29.8 Å². The molecule has 0 radical (unpaired) electrons. The van der Waals surface area contributed by atoms with Gasteiger partial charge in [0.05, 0.1) is 12.7 Å². The third kappa shape index (κ3) is 4.40. The molecule has 0 fully saturated rings. The monoisotopic (exact) mass is 249 g/mol. The Balaban J connectivity index is 2.68. The Morgan fingerprint density at radius 1 is 1.39 bits per heavy atom. The summed E-state index contributed by atoms with van der Waals surface area (Å²) >= 11 is 0. The molecule has 0 heterocycles. The fourth-order valence-corrected chi connectivity index (χ4v) is 1.92. The summed E-state index contributed by atoms with van der Waals surface area (Å²) in [6.07, 6.45) is 4.68. The van der Waals surface area contributed by atoms with Crippen molar-refractivity contribution < 1.29 is 9.53 Å². The average Bonchev–Trinajstić information content (AvgIpc) is 2.42. The Morgan fingerprint density at radius 2 is 2.17 bits per heavy atom. The second kappa shape index (κ2) is 7.75. The standard InChI is InChI=1S/C15H23NO2/c1-4-6-9-13(5-2)16-14-10-7-8-12(11-14)15(17)18-3/h7-8,10-11,13,16H,4-6,9H2,1-3H3. The highest BCUT2D eigenvalue weighted by Crippen LogP contribution is 2.16. The first-order valence-corrected chi connectivity index (χ1v) is 6.66. The summed E-state index contributed by atoms with van der Waals surface area (Å²) in [5.41, 5.74) is 1.58. The second-order valence-electron chi connectivity index (χ2n) is 4.46. The Bertz CT molecular complexity index is 377. The SMILES string of the molecule is CCCCC(CC)Nc1cccc(C(=O)OC)c1. The third-order valence-corrected chi connectivity index (χ3v) is 3.05. The van der Waals surface area contributed by atoms with Crippen molar-refractivity contribution in [1.82, 2.24) is 0 Å². The van der Waals surface area contributed by atoms with Crippen molar-refractivity contribution in [2.75, 3.05) is 12.4 Å². The number of carbonyl (C=O) groups excluding carboxylic acids is 1. The van der Waals surface area contributed by atoms with E-state index in [1.807, 2.05) is 18.2 Å². The van der Waals surface area contributed by atoms with Crippen LogP contribution < -0.4 is 5.32 Å². The molecule has 0 saturated carbocycles. The van der Waals surface area contributed by atoms with Gasteiger partial charge in [0.2, 0.25) is 0 Å². The summed E-state index contributed by atoms with van der Waals surface area (Å²) in [6, 6.07) is 7.95. The lowest BCUT2D eigenvalue weighted by molar-refractivity contribution is 0.0601. The van der Waals surface area contributed by atoms with E-state index in [2.05, 4.69) is 19.2 Å². The molecule has 0 aliphatic heterocycles. The number of benzene rings is 1. The lowest BCUT2D eigenvalue weighted by atomic mass is 10.1. The van der Waals surface area contributed by atoms with Gasteiger partial charge in [-0.3, -0.25) is 0 Å². The molecule has 0 saturated heterocycles. The van der Waals surface area contributed by atoms with Gasteiger partial charge in [0, 0.05) is 11.7 Å². The van der Waals surface area contributed by atoms with Crippen LogP contribution in [0.4, 0.5) is 5.69 Å². The van der Waals surface area contributed by atoms with Crippen molar-refractivity contribution in [3.63, 3.8) is 0 Å². The average molecular weight is 249 g/mol. The number of hydrogen-bond donors (Lipinski definition) is 1. The molecular weight excluding hydrogens is 226 g/mol. The van der Waals surface area contributed by atoms with Crippen LogP contribution in [0.5, 0.6) is 0 Å². The molecule has 0 aromatic heterocycles. The normalized spacial score (nSPS) is 11.9. The van der Waals surface area contributed by atoms with Crippen molar-refractivity contribution in [3.8, 4) is 0 Å². The maximum Gasteiger partial charge on any atom is 0.337 e. The van der Waals surface area contributed by atoms with E-state index in [0.717, 1.165) is 18.5 Å². The first-order valence-electron chi connectivity index (χ1n) is 6.66. The molecule has 0 amide bonds. The number of carbonyl (C=O) groups is 1. The fraction of sp³-hybridized carbons (Fsp3) is 0.533. The maximum atomic E-state index is 11.4. The highest BCUT2D eigenvalue weighted by Gasteiger charge is 2.08. The van der Waals surface area contributed by atoms with Crippen molar-refractivity contribution >= 4 is 11.7 Å². The quantitative estimate of drug-likeness (QED) is 0.746. The Morgan fingerprint density at radius 3 is 2.78 bits per heavy atom. The van der Waals surface area contributed by atoms with Gasteiger partial charge in [-0.2, -0.15) is 0 Å². The van der Waals surface area contributed by atoms with Gasteiger partial charge in [0.15, 0.2) is 0 Å². The summed E-state index contributed by atoms with van der Waals surface area (Å²) in [5.74, 6) is -0.291. The number of nitrogens with one attached hydrogen (secondary N) is 1. The summed E-state index contributed by atoms with van der Waals surface area (Å²) < 4.78 is 4.72. The zero-order valence-electron chi connectivity index (χ0n) is 11.5. The summed E-state index contributed by atoms with van der Waals surface area (Å²) in [4.78, 5) is 11.4. The lowest BCUT2D eigenvalue weighted by Gasteiger charge is -2.18. The van der Waals surface area contributed by atoms with E-state index in [1.165, 1.54) is 20.0 Å². The molecule has 100 valence electrons. The van der Waals surface area contributed by atoms with Gasteiger partial charge < -0.3 is 10.1 Å². The van der Waals surface area contributed by atoms with E-state index < -0.39 is 0 Å². The molecule has 3 nitrogen and oxygen atoms in total. The number of rotatable bonds is 7. The minimum atomic E-state index is -0.291. The zero-order chi connectivity index (χ0) is 13.4. The summed E-state index contributed by atoms with van der Waals surface area (Å²) in [5, 5.41) is 3.48. The zero-order valence-corrected chi connectivity index (χ0v) is 11.5. The number of ether oxygens (including phenoxy) is 1. The molecular formula is C15H23NO2. The molecule has 0 aliphatic rings. The number of esters is 1. The summed E-state index contributed by atoms with van der Waals surface area (Å²) in [6.45, 7) is 4.38. The van der Waals surface area contributed by atoms with Crippen molar-refractivity contribution in [2.45, 2.75) is 45.6 Å². The van der Waals surface area contributed by atoms with Crippen LogP contribution >= 0.6 is 0 Å². The third-order valence-electron chi connectivity index (χ3n) is 3.05. The molecule has 0 aliphatic carbocycles. The van der Waals surface area contributed by atoms with Crippen LogP contribution in [0.25, 0.3) is 0 Å². The van der Waals surface area contributed by atoms with Crippen LogP contribution in [-0.4, -0.2) is 19.1 Å². The van der Waals surface area contributed by atoms with Crippen LogP contribution in [0.3, 0.4) is 0 Å². The van der Waals surface area contributed by atoms with E-state index in [4.69, 9.17) is 4.74 Å². The first-order chi connectivity index (χ1) is 8.71. The minimum absolute atomic E-state index is 0.291. The Hall–Kier alpha value is -1.51. The largest absolute Gasteiger partial charge is 0.465 e. The van der Waals surface area contributed by atoms with Crippen molar-refractivity contribution in [2.24, 2.45) is 0 Å². The van der Waals surface area contributed by atoms with Crippen LogP contribution in [-0.2, 0) is 4.74 Å². The number of methoxy groups -OCH3 is 1. The molecule has 1 N–H and O–H groups in total. The molecule has 1 atom stereocenters. The van der Waals surface area contributed by atoms with E-state index in [-0.39, 0.29) is 5.97 Å². The molecule has 1 aromatic carbocycles. The molecule has 0 spiro atoms. The molecule has 0 bridgehead atoms. The number of anilines is 1. The second-order valence-corrected chi connectivity index (χ2v) is 4.46. The molecule has 1 rings (SSSR count). The van der Waals surface area contributed by atoms with Crippen LogP contribution in [0.1, 0.15) is 49.9 Å². The minimum Gasteiger partial charge on any atom is -0.465 e. The van der Waals surface area contributed by atoms with E-state index in [1.54, 1.807) is 6.07 Å². The number of hydrogen-bond acceptors (Lipinski definition) is 3. The smallest absolute Gasteiger partial charge is 0.337 e. The molecule has 18 heavy (non-hydrogen) atoms. The van der Waals surface area contributed by atoms with Gasteiger partial charge >= 0.3 is 5.97 Å². The first kappa shape index (κ1) is 14.6. The van der Waals surface area contributed by atoms with Gasteiger partial charge in [-0.25, -0.2) is 4.79 Å². The van der Waals surface area contributed by atoms with Gasteiger partial charge in [0.25, 0.3) is 0 Å². The maximum absolute atomic E-state index is 11.4. The van der Waals surface area contributed by atoms with Gasteiger partial charge in [-0.15, -0.1) is 0 Å². The van der Waals surface area contributed by atoms with Gasteiger partial charge in [0.1, 0.15) is 0 Å². The van der Waals surface area contributed by atoms with E-state index >= 15 is 0 Å². The topological polar surface area (TPSA) is 38.3 Å². The van der Waals surface area contributed by atoms with Crippen molar-refractivity contribution in [1.29, 1.82) is 0 Å². The van der Waals surface area contributed by atoms with Gasteiger partial charge in [-0.1, -0.05) is 32.8 Å². The molecule has 3 heteroatoms. The summed E-state index contributed by atoms with van der Waals surface area (Å²) in [7, 11) is 1.40. The number of unbranched alkanes of at least 4 members (excludes halogenated alkanes) is 1. The Labute approximate surface area is 110 Å². The van der Waals surface area contributed by atoms with E-state index in [0.29, 0.717) is 11.6 Å².